The van der Waals surface area contributed by atoms with Crippen LogP contribution in [-0.4, -0.2) is 48.1 Å². The Balaban J connectivity index is 1.17. The van der Waals surface area contributed by atoms with Gasteiger partial charge in [-0.25, -0.2) is 17.8 Å². The van der Waals surface area contributed by atoms with Crippen LogP contribution in [0.3, 0.4) is 0 Å². The van der Waals surface area contributed by atoms with Crippen LogP contribution in [0.4, 0.5) is 4.39 Å². The summed E-state index contributed by atoms with van der Waals surface area (Å²) in [5, 5.41) is 0. The molecule has 1 aromatic heterocycles. The molecule has 0 N–H and O–H groups in total. The second-order valence-corrected chi connectivity index (χ2v) is 11.8. The molecule has 176 valence electrons. The molecule has 2 aliphatic heterocycles. The molecule has 6 rings (SSSR count). The number of halogens is 1. The topological polar surface area (TPSA) is 83.7 Å². The highest BCUT2D eigenvalue weighted by Crippen LogP contribution is 2.48. The zero-order valence-electron chi connectivity index (χ0n) is 18.5. The smallest absolute Gasteiger partial charge is 0.243 e. The predicted octanol–water partition coefficient (Wildman–Crippen LogP) is 3.63. The summed E-state index contributed by atoms with van der Waals surface area (Å²) in [5.41, 5.74) is 1.50. The highest BCUT2D eigenvalue weighted by atomic mass is 32.2. The number of carbonyl (C=O) groups is 1. The number of amides is 1. The summed E-state index contributed by atoms with van der Waals surface area (Å²) in [5.74, 6) is 0.979. The minimum atomic E-state index is -3.72. The van der Waals surface area contributed by atoms with E-state index < -0.39 is 15.8 Å². The van der Waals surface area contributed by atoms with Gasteiger partial charge in [0.2, 0.25) is 15.9 Å². The maximum absolute atomic E-state index is 13.8. The molecule has 7 nitrogen and oxygen atoms in total. The first-order valence-corrected chi connectivity index (χ1v) is 13.4. The van der Waals surface area contributed by atoms with Crippen molar-refractivity contribution < 1.29 is 22.0 Å². The molecule has 2 aliphatic carbocycles. The number of sulfonamides is 1. The maximum Gasteiger partial charge on any atom is 0.243 e. The van der Waals surface area contributed by atoms with E-state index in [0.29, 0.717) is 50.4 Å². The predicted molar refractivity (Wildman–Crippen MR) is 117 cm³/mol. The number of benzene rings is 1. The Morgan fingerprint density at radius 1 is 1.06 bits per heavy atom. The molecule has 1 atom stereocenters. The van der Waals surface area contributed by atoms with Crippen molar-refractivity contribution >= 4 is 15.9 Å². The fraction of sp³-hybridized carbons (Fsp3) is 0.583. The Morgan fingerprint density at radius 2 is 1.82 bits per heavy atom. The number of fused-ring (bicyclic) bond motifs is 1. The monoisotopic (exact) mass is 473 g/mol. The summed E-state index contributed by atoms with van der Waals surface area (Å²) in [7, 11) is -3.72. The highest BCUT2D eigenvalue weighted by molar-refractivity contribution is 7.89. The first kappa shape index (κ1) is 21.3. The highest BCUT2D eigenvalue weighted by Gasteiger charge is 2.45. The average molecular weight is 474 g/mol. The van der Waals surface area contributed by atoms with Crippen molar-refractivity contribution in [3.63, 3.8) is 0 Å². The molecule has 1 aromatic carbocycles. The van der Waals surface area contributed by atoms with E-state index in [9.17, 15) is 17.6 Å². The fourth-order valence-electron chi connectivity index (χ4n) is 5.54. The normalized spacial score (nSPS) is 24.6. The maximum atomic E-state index is 13.8. The van der Waals surface area contributed by atoms with Crippen molar-refractivity contribution in [1.82, 2.24) is 14.2 Å². The number of piperidine rings is 1. The second kappa shape index (κ2) is 7.91. The van der Waals surface area contributed by atoms with Crippen molar-refractivity contribution in [1.29, 1.82) is 0 Å². The summed E-state index contributed by atoms with van der Waals surface area (Å²) < 4.78 is 47.5. The van der Waals surface area contributed by atoms with Crippen LogP contribution in [0.1, 0.15) is 67.5 Å². The molecular formula is C24H28FN3O4S. The van der Waals surface area contributed by atoms with Crippen molar-refractivity contribution in [3.8, 4) is 0 Å². The van der Waals surface area contributed by atoms with Crippen LogP contribution in [0.25, 0.3) is 0 Å². The standard InChI is InChI=1S/C24H28FN3O4S/c25-18-5-6-21(19(13-18)15-1-2-15)33(30,31)27-10-7-17(8-11-27)24(29)28-12-9-20-22(26-14-32-20)23(28)16-3-4-16/h5-6,13-17,23H,1-4,7-12H2. The Kier molecular flexibility index (Phi) is 5.10. The Bertz CT molecular complexity index is 1180. The first-order valence-electron chi connectivity index (χ1n) is 12.0. The third-order valence-corrected chi connectivity index (χ3v) is 9.60. The van der Waals surface area contributed by atoms with Gasteiger partial charge in [-0.05, 0) is 74.1 Å². The summed E-state index contributed by atoms with van der Waals surface area (Å²) in [6, 6.07) is 3.98. The number of hydrogen-bond acceptors (Lipinski definition) is 5. The van der Waals surface area contributed by atoms with Crippen LogP contribution in [-0.2, 0) is 21.2 Å². The van der Waals surface area contributed by atoms with Gasteiger partial charge >= 0.3 is 0 Å². The molecule has 1 unspecified atom stereocenters. The number of carbonyl (C=O) groups excluding carboxylic acids is 1. The van der Waals surface area contributed by atoms with Gasteiger partial charge in [-0.3, -0.25) is 4.79 Å². The third kappa shape index (κ3) is 3.79. The molecule has 9 heteroatoms. The van der Waals surface area contributed by atoms with Gasteiger partial charge in [0, 0.05) is 32.0 Å². The van der Waals surface area contributed by atoms with Crippen molar-refractivity contribution in [2.45, 2.75) is 61.8 Å². The van der Waals surface area contributed by atoms with Crippen molar-refractivity contribution in [3.05, 3.63) is 47.4 Å². The first-order chi connectivity index (χ1) is 15.9. The quantitative estimate of drug-likeness (QED) is 0.662. The van der Waals surface area contributed by atoms with E-state index in [2.05, 4.69) is 4.98 Å². The van der Waals surface area contributed by atoms with Gasteiger partial charge in [0.15, 0.2) is 6.39 Å². The lowest BCUT2D eigenvalue weighted by atomic mass is 9.92. The van der Waals surface area contributed by atoms with Crippen LogP contribution in [0.2, 0.25) is 0 Å². The Hall–Kier alpha value is -2.26. The van der Waals surface area contributed by atoms with Crippen LogP contribution in [0.5, 0.6) is 0 Å². The second-order valence-electron chi connectivity index (χ2n) is 9.86. The van der Waals surface area contributed by atoms with Crippen LogP contribution in [0, 0.1) is 17.7 Å². The van der Waals surface area contributed by atoms with E-state index in [4.69, 9.17) is 4.42 Å². The van der Waals surface area contributed by atoms with Gasteiger partial charge in [-0.15, -0.1) is 0 Å². The van der Waals surface area contributed by atoms with Gasteiger partial charge in [-0.2, -0.15) is 4.31 Å². The minimum Gasteiger partial charge on any atom is -0.448 e. The minimum absolute atomic E-state index is 0.0120. The molecular weight excluding hydrogens is 445 g/mol. The largest absolute Gasteiger partial charge is 0.448 e. The lowest BCUT2D eigenvalue weighted by molar-refractivity contribution is -0.140. The number of aromatic nitrogens is 1. The Labute approximate surface area is 193 Å². The van der Waals surface area contributed by atoms with Crippen LogP contribution in [0.15, 0.2) is 33.9 Å². The molecule has 3 heterocycles. The molecule has 1 amide bonds. The van der Waals surface area contributed by atoms with E-state index in [1.165, 1.54) is 28.9 Å². The summed E-state index contributed by atoms with van der Waals surface area (Å²) in [6.07, 6.45) is 7.13. The van der Waals surface area contributed by atoms with Crippen molar-refractivity contribution in [2.75, 3.05) is 19.6 Å². The van der Waals surface area contributed by atoms with Gasteiger partial charge in [0.25, 0.3) is 0 Å². The van der Waals surface area contributed by atoms with E-state index in [1.54, 1.807) is 0 Å². The molecule has 33 heavy (non-hydrogen) atoms. The fourth-order valence-corrected chi connectivity index (χ4v) is 7.27. The summed E-state index contributed by atoms with van der Waals surface area (Å²) >= 11 is 0. The van der Waals surface area contributed by atoms with Gasteiger partial charge in [0.05, 0.1) is 10.9 Å². The zero-order chi connectivity index (χ0) is 22.7. The lowest BCUT2D eigenvalue weighted by Gasteiger charge is -2.39. The number of oxazole rings is 1. The van der Waals surface area contributed by atoms with Gasteiger partial charge < -0.3 is 9.32 Å². The average Bonchev–Trinajstić information content (AvgIpc) is 3.75. The molecule has 0 bridgehead atoms. The number of rotatable bonds is 5. The molecule has 0 spiro atoms. The summed E-state index contributed by atoms with van der Waals surface area (Å²) in [4.78, 5) is 20.1. The zero-order valence-corrected chi connectivity index (χ0v) is 19.3. The lowest BCUT2D eigenvalue weighted by Crippen LogP contribution is -2.47. The SMILES string of the molecule is O=C(C1CCN(S(=O)(=O)c2ccc(F)cc2C2CC2)CC1)N1CCc2ocnc2C1C1CC1. The van der Waals surface area contributed by atoms with Crippen LogP contribution >= 0.6 is 0 Å². The molecule has 2 aromatic rings. The van der Waals surface area contributed by atoms with E-state index in [0.717, 1.165) is 37.1 Å². The van der Waals surface area contributed by atoms with Gasteiger partial charge in [0.1, 0.15) is 17.3 Å². The van der Waals surface area contributed by atoms with E-state index in [-0.39, 0.29) is 28.7 Å². The molecule has 0 radical (unpaired) electrons. The number of nitrogens with zero attached hydrogens (tertiary/aromatic N) is 3. The third-order valence-electron chi connectivity index (χ3n) is 7.63. The van der Waals surface area contributed by atoms with Crippen LogP contribution < -0.4 is 0 Å². The van der Waals surface area contributed by atoms with E-state index >= 15 is 0 Å². The molecule has 3 fully saturated rings. The van der Waals surface area contributed by atoms with E-state index in [1.807, 2.05) is 4.90 Å². The summed E-state index contributed by atoms with van der Waals surface area (Å²) in [6.45, 7) is 1.23. The molecule has 4 aliphatic rings. The molecule has 1 saturated heterocycles. The Morgan fingerprint density at radius 3 is 2.52 bits per heavy atom. The van der Waals surface area contributed by atoms with Crippen molar-refractivity contribution in [2.24, 2.45) is 11.8 Å². The van der Waals surface area contributed by atoms with Gasteiger partial charge in [-0.1, -0.05) is 0 Å². The molecule has 2 saturated carbocycles. The number of hydrogen-bond donors (Lipinski definition) is 0.